The summed E-state index contributed by atoms with van der Waals surface area (Å²) in [5, 5.41) is 5.85. The summed E-state index contributed by atoms with van der Waals surface area (Å²) in [6.45, 7) is 7.11. The zero-order valence-electron chi connectivity index (χ0n) is 26.0. The van der Waals surface area contributed by atoms with E-state index in [1.54, 1.807) is 60.3 Å². The van der Waals surface area contributed by atoms with E-state index in [1.807, 2.05) is 19.0 Å². The van der Waals surface area contributed by atoms with Gasteiger partial charge in [0.1, 0.15) is 17.3 Å². The fourth-order valence-corrected chi connectivity index (χ4v) is 5.24. The van der Waals surface area contributed by atoms with Crippen molar-refractivity contribution < 1.29 is 22.7 Å². The van der Waals surface area contributed by atoms with Crippen molar-refractivity contribution in [1.29, 1.82) is 0 Å². The van der Waals surface area contributed by atoms with Gasteiger partial charge in [-0.15, -0.1) is 0 Å². The normalized spacial score (nSPS) is 14.7. The lowest BCUT2D eigenvalue weighted by Crippen LogP contribution is -2.45. The molecule has 1 fully saturated rings. The van der Waals surface area contributed by atoms with Crippen LogP contribution in [0.3, 0.4) is 0 Å². The molecule has 45 heavy (non-hydrogen) atoms. The number of likely N-dealkylation sites (N-methyl/N-ethyl adjacent to an activating group) is 1. The molecule has 0 radical (unpaired) electrons. The van der Waals surface area contributed by atoms with E-state index < -0.39 is 11.7 Å². The predicted octanol–water partition coefficient (Wildman–Crippen LogP) is 5.55. The van der Waals surface area contributed by atoms with Crippen molar-refractivity contribution in [3.63, 3.8) is 0 Å². The fraction of sp³-hybridized carbons (Fsp3) is 0.406. The Kier molecular flexibility index (Phi) is 9.90. The molecule has 1 aliphatic heterocycles. The first-order chi connectivity index (χ1) is 21.5. The molecule has 1 saturated heterocycles. The summed E-state index contributed by atoms with van der Waals surface area (Å²) in [6.07, 6.45) is -2.60. The van der Waals surface area contributed by atoms with E-state index >= 15 is 0 Å². The van der Waals surface area contributed by atoms with Crippen molar-refractivity contribution in [2.45, 2.75) is 26.1 Å². The predicted molar refractivity (Wildman–Crippen MR) is 169 cm³/mol. The fourth-order valence-electron chi connectivity index (χ4n) is 5.24. The molecule has 0 bridgehead atoms. The minimum Gasteiger partial charge on any atom is -0.457 e. The monoisotopic (exact) mass is 624 g/mol. The number of amides is 1. The van der Waals surface area contributed by atoms with Crippen LogP contribution < -0.4 is 15.4 Å². The number of carbonyl (C=O) groups is 1. The molecular weight excluding hydrogens is 585 g/mol. The summed E-state index contributed by atoms with van der Waals surface area (Å²) in [4.78, 5) is 27.3. The van der Waals surface area contributed by atoms with Crippen LogP contribution in [0.2, 0.25) is 0 Å². The zero-order chi connectivity index (χ0) is 32.1. The third kappa shape index (κ3) is 8.29. The Hall–Kier alpha value is -4.20. The van der Waals surface area contributed by atoms with Gasteiger partial charge in [0.05, 0.1) is 16.6 Å². The van der Waals surface area contributed by atoms with Crippen LogP contribution in [0.5, 0.6) is 11.5 Å². The number of fused-ring (bicyclic) bond motifs is 1. The second-order valence-electron chi connectivity index (χ2n) is 11.4. The molecule has 2 N–H and O–H groups in total. The lowest BCUT2D eigenvalue weighted by Gasteiger charge is -2.34. The molecule has 0 unspecified atom stereocenters. The molecule has 10 nitrogen and oxygen atoms in total. The Labute approximate surface area is 260 Å². The number of nitrogens with one attached hydrogen (secondary N) is 2. The van der Waals surface area contributed by atoms with Crippen LogP contribution in [-0.4, -0.2) is 88.5 Å². The Morgan fingerprint density at radius 2 is 1.73 bits per heavy atom. The van der Waals surface area contributed by atoms with Gasteiger partial charge in [-0.2, -0.15) is 13.2 Å². The summed E-state index contributed by atoms with van der Waals surface area (Å²) in [5.74, 6) is 1.64. The largest absolute Gasteiger partial charge is 0.457 e. The maximum atomic E-state index is 14.1. The van der Waals surface area contributed by atoms with Crippen LogP contribution in [0.4, 0.5) is 30.6 Å². The molecule has 0 aliphatic carbocycles. The number of ether oxygens (including phenoxy) is 1. The van der Waals surface area contributed by atoms with E-state index in [4.69, 9.17) is 4.74 Å². The van der Waals surface area contributed by atoms with Gasteiger partial charge in [0, 0.05) is 76.8 Å². The molecule has 1 aliphatic rings. The van der Waals surface area contributed by atoms with Crippen LogP contribution >= 0.6 is 0 Å². The maximum absolute atomic E-state index is 14.1. The van der Waals surface area contributed by atoms with Crippen LogP contribution in [0.15, 0.2) is 54.7 Å². The Balaban J connectivity index is 1.29. The number of benzene rings is 2. The van der Waals surface area contributed by atoms with Crippen molar-refractivity contribution >= 4 is 34.4 Å². The van der Waals surface area contributed by atoms with E-state index in [2.05, 4.69) is 37.3 Å². The number of aryl methyl sites for hydroxylation is 1. The van der Waals surface area contributed by atoms with Gasteiger partial charge >= 0.3 is 6.18 Å². The molecule has 240 valence electrons. The third-order valence-electron chi connectivity index (χ3n) is 7.85. The average Bonchev–Trinajstić information content (AvgIpc) is 3.31. The lowest BCUT2D eigenvalue weighted by atomic mass is 10.0. The van der Waals surface area contributed by atoms with Gasteiger partial charge in [0.15, 0.2) is 0 Å². The smallest absolute Gasteiger partial charge is 0.416 e. The standard InChI is InChI=1S/C32H39F3N8O2/c1-5-42-14-16-43(17-15-42)21-22-6-7-23(18-26(22)32(33,34)35)37-31-38-27-9-8-24(19-28(27)41(31)4)45-25-10-12-36-29(20-25)39-30(44)11-13-40(2)3/h6-10,12,18-20H,5,11,13-17,21H2,1-4H3,(H,37,38)(H,36,39,44). The molecule has 2 aromatic heterocycles. The van der Waals surface area contributed by atoms with Gasteiger partial charge in [-0.3, -0.25) is 9.69 Å². The van der Waals surface area contributed by atoms with E-state index in [9.17, 15) is 18.0 Å². The van der Waals surface area contributed by atoms with Crippen LogP contribution in [0, 0.1) is 0 Å². The minimum absolute atomic E-state index is 0.146. The van der Waals surface area contributed by atoms with E-state index in [0.29, 0.717) is 47.4 Å². The molecule has 3 heterocycles. The van der Waals surface area contributed by atoms with Gasteiger partial charge in [-0.1, -0.05) is 13.0 Å². The maximum Gasteiger partial charge on any atom is 0.416 e. The minimum atomic E-state index is -4.49. The second kappa shape index (κ2) is 13.8. The number of piperazine rings is 1. The summed E-state index contributed by atoms with van der Waals surface area (Å²) < 4.78 is 50.2. The van der Waals surface area contributed by atoms with E-state index in [0.717, 1.165) is 44.3 Å². The number of carbonyl (C=O) groups excluding carboxylic acids is 1. The highest BCUT2D eigenvalue weighted by Crippen LogP contribution is 2.36. The van der Waals surface area contributed by atoms with Crippen molar-refractivity contribution in [3.05, 3.63) is 65.9 Å². The number of pyridine rings is 1. The Bertz CT molecular complexity index is 1630. The van der Waals surface area contributed by atoms with Crippen LogP contribution in [0.1, 0.15) is 24.5 Å². The van der Waals surface area contributed by atoms with Gasteiger partial charge in [0.25, 0.3) is 0 Å². The Morgan fingerprint density at radius 3 is 2.44 bits per heavy atom. The molecule has 0 atom stereocenters. The number of nitrogens with zero attached hydrogens (tertiary/aromatic N) is 6. The SMILES string of the molecule is CCN1CCN(Cc2ccc(Nc3nc4ccc(Oc5ccnc(NC(=O)CCN(C)C)c5)cc4n3C)cc2C(F)(F)F)CC1. The number of anilines is 3. The molecule has 0 saturated carbocycles. The number of halogens is 3. The highest BCUT2D eigenvalue weighted by atomic mass is 19.4. The van der Waals surface area contributed by atoms with Gasteiger partial charge in [0.2, 0.25) is 11.9 Å². The molecule has 0 spiro atoms. The molecule has 5 rings (SSSR count). The molecule has 4 aromatic rings. The number of hydrogen-bond acceptors (Lipinski definition) is 8. The molecular formula is C32H39F3N8O2. The molecule has 13 heteroatoms. The lowest BCUT2D eigenvalue weighted by molar-refractivity contribution is -0.138. The first-order valence-electron chi connectivity index (χ1n) is 15.0. The van der Waals surface area contributed by atoms with Crippen molar-refractivity contribution in [1.82, 2.24) is 29.2 Å². The van der Waals surface area contributed by atoms with Crippen LogP contribution in [-0.2, 0) is 24.6 Å². The zero-order valence-corrected chi connectivity index (χ0v) is 26.0. The number of aromatic nitrogens is 3. The summed E-state index contributed by atoms with van der Waals surface area (Å²) in [5.41, 5.74) is 1.28. The summed E-state index contributed by atoms with van der Waals surface area (Å²) in [6, 6.07) is 13.0. The van der Waals surface area contributed by atoms with Gasteiger partial charge in [-0.25, -0.2) is 9.97 Å². The molecule has 1 amide bonds. The van der Waals surface area contributed by atoms with Crippen molar-refractivity contribution in [2.75, 3.05) is 64.0 Å². The highest BCUT2D eigenvalue weighted by molar-refractivity contribution is 5.90. The van der Waals surface area contributed by atoms with Crippen molar-refractivity contribution in [3.8, 4) is 11.5 Å². The van der Waals surface area contributed by atoms with Crippen molar-refractivity contribution in [2.24, 2.45) is 7.05 Å². The van der Waals surface area contributed by atoms with Crippen LogP contribution in [0.25, 0.3) is 11.0 Å². The van der Waals surface area contributed by atoms with Gasteiger partial charge in [-0.05, 0) is 56.5 Å². The first kappa shape index (κ1) is 32.2. The summed E-state index contributed by atoms with van der Waals surface area (Å²) >= 11 is 0. The Morgan fingerprint density at radius 1 is 1.00 bits per heavy atom. The summed E-state index contributed by atoms with van der Waals surface area (Å²) in [7, 11) is 5.58. The quantitative estimate of drug-likeness (QED) is 0.225. The topological polar surface area (TPSA) is 90.8 Å². The third-order valence-corrected chi connectivity index (χ3v) is 7.85. The number of hydrogen-bond donors (Lipinski definition) is 2. The highest BCUT2D eigenvalue weighted by Gasteiger charge is 2.34. The van der Waals surface area contributed by atoms with E-state index in [1.165, 1.54) is 0 Å². The number of rotatable bonds is 11. The molecule has 2 aromatic carbocycles. The number of alkyl halides is 3. The first-order valence-corrected chi connectivity index (χ1v) is 15.0. The number of imidazole rings is 1. The second-order valence-corrected chi connectivity index (χ2v) is 11.4. The average molecular weight is 625 g/mol. The van der Waals surface area contributed by atoms with E-state index in [-0.39, 0.29) is 18.0 Å². The van der Waals surface area contributed by atoms with Gasteiger partial charge < -0.3 is 29.7 Å².